The first kappa shape index (κ1) is 34.6. The number of hydrogen-bond donors (Lipinski definition) is 2. The Balaban J connectivity index is 0.000000181. The molecule has 0 aliphatic heterocycles. The molecular weight excluding hydrogens is 619 g/mol. The highest BCUT2D eigenvalue weighted by Crippen LogP contribution is 2.48. The predicted octanol–water partition coefficient (Wildman–Crippen LogP) is 7.18. The average Bonchev–Trinajstić information content (AvgIpc) is 3.82. The second-order valence-corrected chi connectivity index (χ2v) is 15.0. The maximum atomic E-state index is 11.6. The Morgan fingerprint density at radius 1 is 0.652 bits per heavy atom. The highest BCUT2D eigenvalue weighted by atomic mass is 35.5. The summed E-state index contributed by atoms with van der Waals surface area (Å²) < 4.78 is 3.52. The van der Waals surface area contributed by atoms with Gasteiger partial charge in [0.15, 0.2) is 0 Å². The number of rotatable bonds is 10. The van der Waals surface area contributed by atoms with E-state index < -0.39 is 11.2 Å². The molecule has 0 saturated heterocycles. The second kappa shape index (κ2) is 15.0. The van der Waals surface area contributed by atoms with Crippen LogP contribution in [0.3, 0.4) is 0 Å². The van der Waals surface area contributed by atoms with E-state index in [1.54, 1.807) is 22.0 Å². The summed E-state index contributed by atoms with van der Waals surface area (Å²) in [4.78, 5) is 8.02. The Morgan fingerprint density at radius 2 is 1.02 bits per heavy atom. The molecule has 8 nitrogen and oxygen atoms in total. The second-order valence-electron chi connectivity index (χ2n) is 14.1. The minimum atomic E-state index is -0.749. The summed E-state index contributed by atoms with van der Waals surface area (Å²) >= 11 is 12.0. The van der Waals surface area contributed by atoms with Crippen molar-refractivity contribution in [2.45, 2.75) is 90.5 Å². The fourth-order valence-electron chi connectivity index (χ4n) is 8.20. The third kappa shape index (κ3) is 8.01. The van der Waals surface area contributed by atoms with E-state index in [4.69, 9.17) is 23.2 Å². The van der Waals surface area contributed by atoms with Crippen LogP contribution in [0.2, 0.25) is 10.0 Å². The van der Waals surface area contributed by atoms with Gasteiger partial charge < -0.3 is 10.2 Å². The maximum absolute atomic E-state index is 11.6. The molecule has 0 spiro atoms. The highest BCUT2D eigenvalue weighted by molar-refractivity contribution is 6.30. The Bertz CT molecular complexity index is 1370. The molecule has 10 heteroatoms. The first-order chi connectivity index (χ1) is 22.0. The average molecular weight is 668 g/mol. The van der Waals surface area contributed by atoms with Gasteiger partial charge in [-0.2, -0.15) is 10.2 Å². The lowest BCUT2D eigenvalue weighted by Crippen LogP contribution is -2.46. The Kier molecular flexibility index (Phi) is 11.2. The fraction of sp³-hybridized carbons (Fsp3) is 0.556. The summed E-state index contributed by atoms with van der Waals surface area (Å²) in [5.74, 6) is 1.89. The summed E-state index contributed by atoms with van der Waals surface area (Å²) in [6.45, 7) is 9.80. The molecule has 6 atom stereocenters. The van der Waals surface area contributed by atoms with Crippen molar-refractivity contribution < 1.29 is 10.2 Å². The van der Waals surface area contributed by atoms with Gasteiger partial charge in [0, 0.05) is 10.0 Å². The van der Waals surface area contributed by atoms with Crippen LogP contribution in [0.1, 0.15) is 64.5 Å². The van der Waals surface area contributed by atoms with Crippen LogP contribution in [-0.2, 0) is 25.9 Å². The smallest absolute Gasteiger partial charge is 0.137 e. The van der Waals surface area contributed by atoms with Crippen molar-refractivity contribution in [2.24, 2.45) is 35.5 Å². The lowest BCUT2D eigenvalue weighted by molar-refractivity contribution is -0.0670. The number of benzene rings is 2. The molecule has 2 aliphatic rings. The minimum absolute atomic E-state index is 0.222. The largest absolute Gasteiger partial charge is 0.387 e. The van der Waals surface area contributed by atoms with E-state index in [0.29, 0.717) is 24.9 Å². The molecule has 2 aliphatic carbocycles. The molecule has 248 valence electrons. The van der Waals surface area contributed by atoms with Gasteiger partial charge in [-0.1, -0.05) is 75.2 Å². The van der Waals surface area contributed by atoms with E-state index in [0.717, 1.165) is 48.6 Å². The Hall–Kier alpha value is -2.78. The summed E-state index contributed by atoms with van der Waals surface area (Å²) in [6, 6.07) is 15.9. The molecule has 2 heterocycles. The zero-order valence-electron chi connectivity index (χ0n) is 27.4. The quantitative estimate of drug-likeness (QED) is 0.186. The Labute approximate surface area is 283 Å². The van der Waals surface area contributed by atoms with Crippen molar-refractivity contribution in [3.8, 4) is 0 Å². The van der Waals surface area contributed by atoms with Crippen LogP contribution in [0, 0.1) is 35.5 Å². The first-order valence-corrected chi connectivity index (χ1v) is 17.3. The zero-order chi connectivity index (χ0) is 32.9. The molecule has 6 rings (SSSR count). The molecule has 2 aromatic carbocycles. The number of hydrogen-bond acceptors (Lipinski definition) is 6. The molecule has 0 radical (unpaired) electrons. The SMILES string of the molecule is CC(C)C1CCC(Cc2ccc(Cl)cc2)C1(O)Cn1cncn1.CC(C)C1CCC(Cc2ccc(Cl)cc2)C1(O)Cn1cncn1. The van der Waals surface area contributed by atoms with E-state index in [1.807, 2.05) is 24.3 Å². The van der Waals surface area contributed by atoms with Crippen molar-refractivity contribution in [3.05, 3.63) is 95.0 Å². The summed E-state index contributed by atoms with van der Waals surface area (Å²) in [7, 11) is 0. The third-order valence-electron chi connectivity index (χ3n) is 10.5. The van der Waals surface area contributed by atoms with Gasteiger partial charge in [0.2, 0.25) is 0 Å². The lowest BCUT2D eigenvalue weighted by atomic mass is 9.76. The van der Waals surface area contributed by atoms with Crippen molar-refractivity contribution in [1.29, 1.82) is 0 Å². The molecule has 2 aromatic heterocycles. The fourth-order valence-corrected chi connectivity index (χ4v) is 8.45. The maximum Gasteiger partial charge on any atom is 0.137 e. The molecule has 4 aromatic rings. The van der Waals surface area contributed by atoms with Crippen molar-refractivity contribution >= 4 is 23.2 Å². The van der Waals surface area contributed by atoms with E-state index in [1.165, 1.54) is 23.8 Å². The van der Waals surface area contributed by atoms with Gasteiger partial charge in [-0.3, -0.25) is 9.36 Å². The van der Waals surface area contributed by atoms with Gasteiger partial charge in [0.1, 0.15) is 25.3 Å². The topological polar surface area (TPSA) is 102 Å². The predicted molar refractivity (Wildman–Crippen MR) is 182 cm³/mol. The molecule has 2 saturated carbocycles. The van der Waals surface area contributed by atoms with Crippen LogP contribution in [0.15, 0.2) is 73.8 Å². The molecule has 46 heavy (non-hydrogen) atoms. The van der Waals surface area contributed by atoms with Crippen LogP contribution < -0.4 is 0 Å². The van der Waals surface area contributed by atoms with Crippen LogP contribution >= 0.6 is 23.2 Å². The van der Waals surface area contributed by atoms with Crippen LogP contribution in [0.25, 0.3) is 0 Å². The zero-order valence-corrected chi connectivity index (χ0v) is 28.9. The van der Waals surface area contributed by atoms with E-state index >= 15 is 0 Å². The number of aromatic nitrogens is 6. The van der Waals surface area contributed by atoms with Gasteiger partial charge in [-0.05, 0) is 109 Å². The molecule has 0 amide bonds. The van der Waals surface area contributed by atoms with Crippen LogP contribution in [-0.4, -0.2) is 50.9 Å². The number of nitrogens with zero attached hydrogens (tertiary/aromatic N) is 6. The van der Waals surface area contributed by atoms with E-state index in [9.17, 15) is 10.2 Å². The van der Waals surface area contributed by atoms with Gasteiger partial charge in [-0.25, -0.2) is 9.97 Å². The molecule has 0 bridgehead atoms. The minimum Gasteiger partial charge on any atom is -0.387 e. The van der Waals surface area contributed by atoms with Crippen molar-refractivity contribution in [3.63, 3.8) is 0 Å². The number of aliphatic hydroxyl groups is 2. The Morgan fingerprint density at radius 3 is 1.33 bits per heavy atom. The normalized spacial score (nSPS) is 27.7. The highest BCUT2D eigenvalue weighted by Gasteiger charge is 2.51. The van der Waals surface area contributed by atoms with Gasteiger partial charge >= 0.3 is 0 Å². The molecular formula is C36H48Cl2N6O2. The van der Waals surface area contributed by atoms with E-state index in [-0.39, 0.29) is 23.7 Å². The van der Waals surface area contributed by atoms with Crippen molar-refractivity contribution in [2.75, 3.05) is 0 Å². The summed E-state index contributed by atoms with van der Waals surface area (Å²) in [5.41, 5.74) is 0.949. The van der Waals surface area contributed by atoms with Gasteiger partial charge in [0.05, 0.1) is 24.3 Å². The standard InChI is InChI=1S/2C18H24ClN3O/c2*1-13(2)17-8-5-15(9-14-3-6-16(19)7-4-14)18(17,23)10-22-12-20-11-21-22/h2*3-4,6-7,11-13,15,17,23H,5,8-10H2,1-2H3. The lowest BCUT2D eigenvalue weighted by Gasteiger charge is -2.37. The molecule has 6 unspecified atom stereocenters. The van der Waals surface area contributed by atoms with Crippen LogP contribution in [0.4, 0.5) is 0 Å². The van der Waals surface area contributed by atoms with Crippen LogP contribution in [0.5, 0.6) is 0 Å². The number of halogens is 2. The summed E-state index contributed by atoms with van der Waals surface area (Å²) in [6.07, 6.45) is 12.3. The third-order valence-corrected chi connectivity index (χ3v) is 11.0. The summed E-state index contributed by atoms with van der Waals surface area (Å²) in [5, 5.41) is 33.0. The monoisotopic (exact) mass is 666 g/mol. The van der Waals surface area contributed by atoms with Crippen molar-refractivity contribution in [1.82, 2.24) is 29.5 Å². The van der Waals surface area contributed by atoms with Gasteiger partial charge in [-0.15, -0.1) is 0 Å². The van der Waals surface area contributed by atoms with E-state index in [2.05, 4.69) is 72.1 Å². The molecule has 2 fully saturated rings. The van der Waals surface area contributed by atoms with Gasteiger partial charge in [0.25, 0.3) is 0 Å². The molecule has 2 N–H and O–H groups in total. The first-order valence-electron chi connectivity index (χ1n) is 16.6.